The fourth-order valence-corrected chi connectivity index (χ4v) is 4.04. The largest absolute Gasteiger partial charge is 0.297 e. The Morgan fingerprint density at radius 1 is 1.14 bits per heavy atom. The average Bonchev–Trinajstić information content (AvgIpc) is 3.25. The molecule has 0 N–H and O–H groups in total. The molecular weight excluding hydrogens is 290 g/mol. The third-order valence-corrected chi connectivity index (χ3v) is 5.41. The zero-order valence-corrected chi connectivity index (χ0v) is 13.5. The Kier molecular flexibility index (Phi) is 3.64. The molecular formula is C18H19N3S. The van der Waals surface area contributed by atoms with Crippen LogP contribution in [-0.4, -0.2) is 28.0 Å². The summed E-state index contributed by atoms with van der Waals surface area (Å²) in [6, 6.07) is 11.4. The van der Waals surface area contributed by atoms with E-state index in [0.717, 1.165) is 15.9 Å². The maximum Gasteiger partial charge on any atom is 0.127 e. The van der Waals surface area contributed by atoms with Gasteiger partial charge in [-0.05, 0) is 55.9 Å². The zero-order valence-electron chi connectivity index (χ0n) is 12.7. The Labute approximate surface area is 134 Å². The second-order valence-corrected chi connectivity index (χ2v) is 6.80. The number of likely N-dealkylation sites (tertiary alicyclic amines) is 1. The highest BCUT2D eigenvalue weighted by Gasteiger charge is 2.20. The van der Waals surface area contributed by atoms with E-state index in [1.54, 1.807) is 17.7 Å². The Morgan fingerprint density at radius 2 is 2.00 bits per heavy atom. The predicted octanol–water partition coefficient (Wildman–Crippen LogP) is 4.52. The van der Waals surface area contributed by atoms with Gasteiger partial charge in [0, 0.05) is 17.0 Å². The molecule has 0 spiro atoms. The molecule has 0 aliphatic carbocycles. The number of benzene rings is 1. The van der Waals surface area contributed by atoms with Crippen molar-refractivity contribution in [2.45, 2.75) is 25.8 Å². The Morgan fingerprint density at radius 3 is 2.86 bits per heavy atom. The van der Waals surface area contributed by atoms with Crippen molar-refractivity contribution in [2.24, 2.45) is 0 Å². The minimum Gasteiger partial charge on any atom is -0.297 e. The summed E-state index contributed by atoms with van der Waals surface area (Å²) >= 11 is 1.67. The molecule has 1 aromatic carbocycles. The number of fused-ring (bicyclic) bond motifs is 1. The van der Waals surface area contributed by atoms with Gasteiger partial charge in [-0.1, -0.05) is 18.2 Å². The first-order chi connectivity index (χ1) is 10.8. The van der Waals surface area contributed by atoms with Gasteiger partial charge in [0.15, 0.2) is 0 Å². The summed E-state index contributed by atoms with van der Waals surface area (Å²) in [4.78, 5) is 12.5. The lowest BCUT2D eigenvalue weighted by atomic mass is 10.0. The molecule has 1 fully saturated rings. The molecule has 1 aliphatic rings. The monoisotopic (exact) mass is 309 g/mol. The Bertz CT molecular complexity index is 790. The summed E-state index contributed by atoms with van der Waals surface area (Å²) in [6.45, 7) is 4.74. The van der Waals surface area contributed by atoms with Crippen molar-refractivity contribution in [2.75, 3.05) is 13.1 Å². The van der Waals surface area contributed by atoms with Crippen molar-refractivity contribution < 1.29 is 0 Å². The minimum atomic E-state index is 0.474. The van der Waals surface area contributed by atoms with E-state index in [2.05, 4.69) is 57.5 Å². The number of aromatic nitrogens is 2. The molecule has 2 aromatic heterocycles. The number of nitrogens with zero attached hydrogens (tertiary/aromatic N) is 3. The normalized spacial score (nSPS) is 17.1. The first kappa shape index (κ1) is 13.9. The molecule has 4 rings (SSSR count). The summed E-state index contributed by atoms with van der Waals surface area (Å²) in [5.74, 6) is 0. The van der Waals surface area contributed by atoms with Gasteiger partial charge in [-0.15, -0.1) is 11.3 Å². The first-order valence-electron chi connectivity index (χ1n) is 7.85. The highest BCUT2D eigenvalue weighted by molar-refractivity contribution is 7.16. The fraction of sp³-hybridized carbons (Fsp3) is 0.333. The van der Waals surface area contributed by atoms with Crippen LogP contribution in [0.3, 0.4) is 0 Å². The van der Waals surface area contributed by atoms with E-state index in [0.29, 0.717) is 6.04 Å². The summed E-state index contributed by atoms with van der Waals surface area (Å²) in [5, 5.41) is 3.23. The lowest BCUT2D eigenvalue weighted by Crippen LogP contribution is -2.23. The first-order valence-corrected chi connectivity index (χ1v) is 8.73. The average molecular weight is 309 g/mol. The molecule has 1 saturated heterocycles. The predicted molar refractivity (Wildman–Crippen MR) is 92.1 cm³/mol. The van der Waals surface area contributed by atoms with Gasteiger partial charge >= 0.3 is 0 Å². The van der Waals surface area contributed by atoms with Crippen LogP contribution in [0.15, 0.2) is 42.0 Å². The number of hydrogen-bond acceptors (Lipinski definition) is 4. The van der Waals surface area contributed by atoms with Crippen LogP contribution in [0.25, 0.3) is 21.5 Å². The molecule has 1 atom stereocenters. The number of thiophene rings is 1. The molecule has 0 amide bonds. The van der Waals surface area contributed by atoms with Gasteiger partial charge < -0.3 is 0 Å². The maximum atomic E-state index is 4.53. The van der Waals surface area contributed by atoms with Gasteiger partial charge in [0.25, 0.3) is 0 Å². The van der Waals surface area contributed by atoms with Gasteiger partial charge in [-0.2, -0.15) is 0 Å². The minimum absolute atomic E-state index is 0.474. The van der Waals surface area contributed by atoms with Crippen LogP contribution < -0.4 is 0 Å². The van der Waals surface area contributed by atoms with Gasteiger partial charge in [-0.3, -0.25) is 4.90 Å². The van der Waals surface area contributed by atoms with E-state index in [1.807, 2.05) is 0 Å². The van der Waals surface area contributed by atoms with E-state index in [1.165, 1.54) is 37.1 Å². The molecule has 0 bridgehead atoms. The lowest BCUT2D eigenvalue weighted by Gasteiger charge is -2.24. The highest BCUT2D eigenvalue weighted by Crippen LogP contribution is 2.31. The Hall–Kier alpha value is -1.78. The van der Waals surface area contributed by atoms with Crippen LogP contribution in [0, 0.1) is 0 Å². The van der Waals surface area contributed by atoms with Crippen LogP contribution in [0.5, 0.6) is 0 Å². The molecule has 4 heteroatoms. The van der Waals surface area contributed by atoms with Crippen molar-refractivity contribution >= 4 is 21.6 Å². The summed E-state index contributed by atoms with van der Waals surface area (Å²) in [5.41, 5.74) is 3.61. The second-order valence-electron chi connectivity index (χ2n) is 5.91. The van der Waals surface area contributed by atoms with Crippen molar-refractivity contribution in [3.05, 3.63) is 47.6 Å². The summed E-state index contributed by atoms with van der Waals surface area (Å²) < 4.78 is 0. The van der Waals surface area contributed by atoms with Crippen molar-refractivity contribution in [1.29, 1.82) is 0 Å². The molecule has 3 aromatic rings. The topological polar surface area (TPSA) is 29.0 Å². The van der Waals surface area contributed by atoms with Crippen LogP contribution in [0.4, 0.5) is 0 Å². The quantitative estimate of drug-likeness (QED) is 0.712. The maximum absolute atomic E-state index is 4.53. The van der Waals surface area contributed by atoms with E-state index in [9.17, 15) is 0 Å². The summed E-state index contributed by atoms with van der Waals surface area (Å²) in [6.07, 6.45) is 4.32. The molecule has 0 radical (unpaired) electrons. The molecule has 0 unspecified atom stereocenters. The molecule has 0 saturated carbocycles. The van der Waals surface area contributed by atoms with Crippen molar-refractivity contribution in [3.8, 4) is 11.3 Å². The SMILES string of the molecule is C[C@@H](c1cccc(-c2ncnc3sccc23)c1)N1CCCC1. The van der Waals surface area contributed by atoms with Gasteiger partial charge in [0.1, 0.15) is 11.2 Å². The van der Waals surface area contributed by atoms with E-state index >= 15 is 0 Å². The third-order valence-electron chi connectivity index (χ3n) is 4.59. The molecule has 112 valence electrons. The van der Waals surface area contributed by atoms with Crippen LogP contribution in [0.2, 0.25) is 0 Å². The third kappa shape index (κ3) is 2.42. The van der Waals surface area contributed by atoms with Crippen molar-refractivity contribution in [1.82, 2.24) is 14.9 Å². The van der Waals surface area contributed by atoms with E-state index < -0.39 is 0 Å². The zero-order chi connectivity index (χ0) is 14.9. The van der Waals surface area contributed by atoms with Crippen LogP contribution >= 0.6 is 11.3 Å². The molecule has 3 nitrogen and oxygen atoms in total. The molecule has 1 aliphatic heterocycles. The van der Waals surface area contributed by atoms with Gasteiger partial charge in [-0.25, -0.2) is 9.97 Å². The molecule has 22 heavy (non-hydrogen) atoms. The smallest absolute Gasteiger partial charge is 0.127 e. The Balaban J connectivity index is 1.74. The lowest BCUT2D eigenvalue weighted by molar-refractivity contribution is 0.263. The number of rotatable bonds is 3. The van der Waals surface area contributed by atoms with Gasteiger partial charge in [0.2, 0.25) is 0 Å². The van der Waals surface area contributed by atoms with Crippen molar-refractivity contribution in [3.63, 3.8) is 0 Å². The van der Waals surface area contributed by atoms with E-state index in [-0.39, 0.29) is 0 Å². The second kappa shape index (κ2) is 5.78. The fourth-order valence-electron chi connectivity index (χ4n) is 3.31. The van der Waals surface area contributed by atoms with Crippen LogP contribution in [-0.2, 0) is 0 Å². The van der Waals surface area contributed by atoms with Gasteiger partial charge in [0.05, 0.1) is 5.69 Å². The highest BCUT2D eigenvalue weighted by atomic mass is 32.1. The summed E-state index contributed by atoms with van der Waals surface area (Å²) in [7, 11) is 0. The standard InChI is InChI=1S/C18H19N3S/c1-13(21-8-2-3-9-21)14-5-4-6-15(11-14)17-16-7-10-22-18(16)20-12-19-17/h4-7,10-13H,2-3,8-9H2,1H3/t13-/m0/s1. The van der Waals surface area contributed by atoms with Crippen LogP contribution in [0.1, 0.15) is 31.4 Å². The molecule has 3 heterocycles. The number of hydrogen-bond donors (Lipinski definition) is 0. The van der Waals surface area contributed by atoms with E-state index in [4.69, 9.17) is 0 Å².